The fourth-order valence-electron chi connectivity index (χ4n) is 5.74. The van der Waals surface area contributed by atoms with Crippen LogP contribution in [0.2, 0.25) is 0 Å². The molecule has 0 aliphatic carbocycles. The van der Waals surface area contributed by atoms with Gasteiger partial charge in [-0.25, -0.2) is 4.57 Å². The number of hydrogen-bond donors (Lipinski definition) is 0. The van der Waals surface area contributed by atoms with Crippen LogP contribution in [0, 0.1) is 0 Å². The number of nitrogens with zero attached hydrogens (tertiary/aromatic N) is 3. The third-order valence-electron chi connectivity index (χ3n) is 8.41. The molecule has 0 bridgehead atoms. The van der Waals surface area contributed by atoms with Gasteiger partial charge in [-0.1, -0.05) is 108 Å². The Morgan fingerprint density at radius 3 is 1.76 bits per heavy atom. The Morgan fingerprint density at radius 2 is 1.14 bits per heavy atom. The Morgan fingerprint density at radius 1 is 0.595 bits per heavy atom. The quantitative estimate of drug-likeness (QED) is 0.0701. The van der Waals surface area contributed by atoms with Crippen LogP contribution in [0.5, 0.6) is 0 Å². The molecule has 0 unspecified atom stereocenters. The SMILES string of the molecule is CCCCCCCCN(CCCCCCCC)c1ccc2cc(/C=C/c3cc[n+](CCC[N+](C)(C)C)cc3)ccc2c1. The van der Waals surface area contributed by atoms with E-state index in [2.05, 4.69) is 118 Å². The van der Waals surface area contributed by atoms with E-state index < -0.39 is 0 Å². The van der Waals surface area contributed by atoms with Crippen LogP contribution in [0.25, 0.3) is 22.9 Å². The molecule has 3 rings (SSSR count). The molecule has 1 aromatic heterocycles. The van der Waals surface area contributed by atoms with Gasteiger partial charge in [0.1, 0.15) is 0 Å². The molecular formula is C39H61N3+2. The molecule has 0 saturated heterocycles. The van der Waals surface area contributed by atoms with Gasteiger partial charge in [0.15, 0.2) is 18.9 Å². The number of rotatable bonds is 21. The number of quaternary nitrogens is 1. The molecule has 42 heavy (non-hydrogen) atoms. The summed E-state index contributed by atoms with van der Waals surface area (Å²) in [5, 5.41) is 2.67. The number of fused-ring (bicyclic) bond motifs is 1. The van der Waals surface area contributed by atoms with E-state index in [9.17, 15) is 0 Å². The fraction of sp³-hybridized carbons (Fsp3) is 0.564. The lowest BCUT2D eigenvalue weighted by Gasteiger charge is -2.25. The summed E-state index contributed by atoms with van der Waals surface area (Å²) < 4.78 is 3.31. The van der Waals surface area contributed by atoms with Crippen molar-refractivity contribution in [1.82, 2.24) is 0 Å². The van der Waals surface area contributed by atoms with Crippen LogP contribution in [0.15, 0.2) is 60.9 Å². The molecule has 3 aromatic rings. The first-order valence-corrected chi connectivity index (χ1v) is 17.1. The van der Waals surface area contributed by atoms with Crippen LogP contribution < -0.4 is 9.47 Å². The highest BCUT2D eigenvalue weighted by molar-refractivity contribution is 5.88. The molecule has 0 atom stereocenters. The zero-order valence-corrected chi connectivity index (χ0v) is 27.8. The summed E-state index contributed by atoms with van der Waals surface area (Å²) in [6, 6.07) is 18.5. The molecule has 0 N–H and O–H groups in total. The fourth-order valence-corrected chi connectivity index (χ4v) is 5.74. The zero-order valence-electron chi connectivity index (χ0n) is 27.8. The Bertz CT molecular complexity index is 1160. The molecule has 0 amide bonds. The summed E-state index contributed by atoms with van der Waals surface area (Å²) in [6.45, 7) is 9.22. The molecular weight excluding hydrogens is 510 g/mol. The predicted molar refractivity (Wildman–Crippen MR) is 186 cm³/mol. The first-order valence-electron chi connectivity index (χ1n) is 17.1. The summed E-state index contributed by atoms with van der Waals surface area (Å²) in [7, 11) is 6.77. The average Bonchev–Trinajstić information content (AvgIpc) is 2.98. The first kappa shape index (κ1) is 33.8. The lowest BCUT2D eigenvalue weighted by atomic mass is 10.0. The van der Waals surface area contributed by atoms with Crippen LogP contribution in [0.4, 0.5) is 5.69 Å². The predicted octanol–water partition coefficient (Wildman–Crippen LogP) is 9.92. The van der Waals surface area contributed by atoms with Crippen molar-refractivity contribution in [2.45, 2.75) is 104 Å². The Hall–Kier alpha value is -2.65. The van der Waals surface area contributed by atoms with Crippen molar-refractivity contribution >= 4 is 28.6 Å². The largest absolute Gasteiger partial charge is 0.372 e. The highest BCUT2D eigenvalue weighted by Crippen LogP contribution is 2.25. The second kappa shape index (κ2) is 18.8. The monoisotopic (exact) mass is 571 g/mol. The Labute approximate surface area is 258 Å². The summed E-state index contributed by atoms with van der Waals surface area (Å²) in [5.41, 5.74) is 3.89. The van der Waals surface area contributed by atoms with Crippen molar-refractivity contribution in [1.29, 1.82) is 0 Å². The lowest BCUT2D eigenvalue weighted by molar-refractivity contribution is -0.873. The van der Waals surface area contributed by atoms with E-state index in [0.717, 1.165) is 11.0 Å². The topological polar surface area (TPSA) is 7.12 Å². The van der Waals surface area contributed by atoms with Gasteiger partial charge in [-0.2, -0.15) is 0 Å². The molecule has 2 aromatic carbocycles. The molecule has 0 radical (unpaired) electrons. The van der Waals surface area contributed by atoms with Crippen molar-refractivity contribution in [3.63, 3.8) is 0 Å². The van der Waals surface area contributed by atoms with E-state index in [1.807, 2.05) is 0 Å². The van der Waals surface area contributed by atoms with Crippen molar-refractivity contribution in [3.05, 3.63) is 72.1 Å². The zero-order chi connectivity index (χ0) is 30.0. The molecule has 230 valence electrons. The minimum atomic E-state index is 1.02. The van der Waals surface area contributed by atoms with Gasteiger partial charge in [-0.3, -0.25) is 0 Å². The number of pyridine rings is 1. The third kappa shape index (κ3) is 13.1. The Kier molecular flexibility index (Phi) is 15.1. The van der Waals surface area contributed by atoms with E-state index >= 15 is 0 Å². The van der Waals surface area contributed by atoms with Crippen LogP contribution in [0.1, 0.15) is 108 Å². The van der Waals surface area contributed by atoms with E-state index in [0.29, 0.717) is 0 Å². The molecule has 3 nitrogen and oxygen atoms in total. The maximum absolute atomic E-state index is 2.66. The average molecular weight is 572 g/mol. The normalized spacial score (nSPS) is 12.0. The summed E-state index contributed by atoms with van der Waals surface area (Å²) in [4.78, 5) is 2.66. The van der Waals surface area contributed by atoms with Crippen LogP contribution in [-0.2, 0) is 6.54 Å². The first-order chi connectivity index (χ1) is 20.4. The van der Waals surface area contributed by atoms with E-state index in [4.69, 9.17) is 0 Å². The maximum atomic E-state index is 2.66. The van der Waals surface area contributed by atoms with Gasteiger partial charge in [0, 0.05) is 30.9 Å². The van der Waals surface area contributed by atoms with Crippen LogP contribution >= 0.6 is 0 Å². The molecule has 0 saturated carbocycles. The van der Waals surface area contributed by atoms with Crippen LogP contribution in [-0.4, -0.2) is 45.3 Å². The molecule has 1 heterocycles. The number of aromatic nitrogens is 1. The van der Waals surface area contributed by atoms with Gasteiger partial charge in [0.05, 0.1) is 34.1 Å². The van der Waals surface area contributed by atoms with Gasteiger partial charge >= 0.3 is 0 Å². The van der Waals surface area contributed by atoms with Crippen molar-refractivity contribution < 1.29 is 9.05 Å². The van der Waals surface area contributed by atoms with Gasteiger partial charge in [-0.15, -0.1) is 0 Å². The summed E-state index contributed by atoms with van der Waals surface area (Å²) >= 11 is 0. The number of unbranched alkanes of at least 4 members (excludes halogenated alkanes) is 10. The standard InChI is InChI=1S/C39H61N3/c1-6-8-10-12-14-16-28-41(29-17-15-13-11-9-7-2)39-24-23-37-33-36(21-22-38(37)34-39)20-19-35-25-30-40(31-26-35)27-18-32-42(3,4)5/h19-26,30-31,33-34H,6-18,27-29,32H2,1-5H3/q+2. The lowest BCUT2D eigenvalue weighted by Crippen LogP contribution is -2.39. The summed E-state index contributed by atoms with van der Waals surface area (Å²) in [6.07, 6.45) is 26.3. The minimum absolute atomic E-state index is 1.02. The highest BCUT2D eigenvalue weighted by atomic mass is 15.3. The van der Waals surface area contributed by atoms with Gasteiger partial charge in [-0.05, 0) is 52.9 Å². The van der Waals surface area contributed by atoms with Gasteiger partial charge in [0.25, 0.3) is 0 Å². The van der Waals surface area contributed by atoms with E-state index in [1.54, 1.807) is 0 Å². The Balaban J connectivity index is 1.60. The number of hydrogen-bond acceptors (Lipinski definition) is 1. The van der Waals surface area contributed by atoms with Gasteiger partial charge in [0.2, 0.25) is 0 Å². The molecule has 3 heteroatoms. The van der Waals surface area contributed by atoms with Crippen molar-refractivity contribution in [2.24, 2.45) is 0 Å². The molecule has 0 fully saturated rings. The number of benzene rings is 2. The number of anilines is 1. The second-order valence-electron chi connectivity index (χ2n) is 13.4. The summed E-state index contributed by atoms with van der Waals surface area (Å²) in [5.74, 6) is 0. The maximum Gasteiger partial charge on any atom is 0.169 e. The molecule has 0 aliphatic heterocycles. The van der Waals surface area contributed by atoms with Crippen LogP contribution in [0.3, 0.4) is 0 Å². The van der Waals surface area contributed by atoms with E-state index in [-0.39, 0.29) is 0 Å². The third-order valence-corrected chi connectivity index (χ3v) is 8.41. The van der Waals surface area contributed by atoms with Gasteiger partial charge < -0.3 is 9.38 Å². The molecule has 0 spiro atoms. The highest BCUT2D eigenvalue weighted by Gasteiger charge is 2.10. The molecule has 0 aliphatic rings. The number of aryl methyl sites for hydroxylation is 1. The minimum Gasteiger partial charge on any atom is -0.372 e. The smallest absolute Gasteiger partial charge is 0.169 e. The van der Waals surface area contributed by atoms with Crippen molar-refractivity contribution in [2.75, 3.05) is 45.7 Å². The second-order valence-corrected chi connectivity index (χ2v) is 13.4. The van der Waals surface area contributed by atoms with E-state index in [1.165, 1.54) is 131 Å². The van der Waals surface area contributed by atoms with Crippen molar-refractivity contribution in [3.8, 4) is 0 Å².